The fourth-order valence-corrected chi connectivity index (χ4v) is 9.06. The van der Waals surface area contributed by atoms with Gasteiger partial charge in [-0.05, 0) is 75.7 Å². The van der Waals surface area contributed by atoms with E-state index in [1.807, 2.05) is 12.1 Å². The molecule has 0 saturated carbocycles. The highest BCUT2D eigenvalue weighted by molar-refractivity contribution is 7.64. The van der Waals surface area contributed by atoms with E-state index in [1.165, 1.54) is 50.3 Å². The fourth-order valence-electron chi connectivity index (χ4n) is 7.73. The van der Waals surface area contributed by atoms with E-state index in [4.69, 9.17) is 30.8 Å². The van der Waals surface area contributed by atoms with Crippen molar-refractivity contribution in [2.75, 3.05) is 95.5 Å². The van der Waals surface area contributed by atoms with Gasteiger partial charge in [-0.3, -0.25) is 4.90 Å². The third-order valence-electron chi connectivity index (χ3n) is 9.91. The Balaban J connectivity index is 1.05. The summed E-state index contributed by atoms with van der Waals surface area (Å²) in [5.41, 5.74) is 4.12. The summed E-state index contributed by atoms with van der Waals surface area (Å²) < 4.78 is 17.7. The van der Waals surface area contributed by atoms with Gasteiger partial charge in [0.2, 0.25) is 5.95 Å². The summed E-state index contributed by atoms with van der Waals surface area (Å²) in [5.74, 6) is 4.98. The molecule has 10 nitrogen and oxygen atoms in total. The first kappa shape index (κ1) is 31.6. The molecule has 0 amide bonds. The van der Waals surface area contributed by atoms with E-state index in [9.17, 15) is 0 Å². The molecule has 7 rings (SSSR count). The SMILES string of the molecule is COc1cc(N2CCC(N3C[C@H]4CN(C)C[C@H]4C3)CC2)c(C)cc1Nc1ncc(Cl)c(Nc2ccc3c(c2P(C)C)OCCO3)n1. The van der Waals surface area contributed by atoms with Gasteiger partial charge in [0.05, 0.1) is 24.7 Å². The van der Waals surface area contributed by atoms with Crippen LogP contribution in [0.25, 0.3) is 0 Å². The van der Waals surface area contributed by atoms with Crippen molar-refractivity contribution < 1.29 is 14.2 Å². The highest BCUT2D eigenvalue weighted by atomic mass is 35.5. The van der Waals surface area contributed by atoms with Crippen molar-refractivity contribution >= 4 is 53.7 Å². The molecule has 2 N–H and O–H groups in total. The molecule has 1 aromatic heterocycles. The standard InChI is InChI=1S/C34H45ClN7O3P/c1-21-14-27(30(43-3)15-28(21)41-10-8-24(9-11-41)42-19-22-17-40(2)18-23(22)20-42)38-34-36-16-25(35)33(39-34)37-26-6-7-29-31(32(26)46(4)5)45-13-12-44-29/h6-7,14-16,22-24H,8-13,17-20H2,1-5H3,(H2,36,37,38,39)/t22-,23+. The van der Waals surface area contributed by atoms with Gasteiger partial charge in [0, 0.05) is 62.4 Å². The topological polar surface area (TPSA) is 87.3 Å². The Hall–Kier alpha value is -3.04. The lowest BCUT2D eigenvalue weighted by atomic mass is 10.0. The Labute approximate surface area is 278 Å². The van der Waals surface area contributed by atoms with Gasteiger partial charge in [-0.2, -0.15) is 4.98 Å². The summed E-state index contributed by atoms with van der Waals surface area (Å²) in [5, 5.41) is 8.34. The maximum Gasteiger partial charge on any atom is 0.229 e. The fraction of sp³-hybridized carbons (Fsp3) is 0.529. The molecule has 0 radical (unpaired) electrons. The number of hydrogen-bond acceptors (Lipinski definition) is 10. The Kier molecular flexibility index (Phi) is 9.07. The minimum absolute atomic E-state index is 0.425. The van der Waals surface area contributed by atoms with E-state index in [1.54, 1.807) is 13.3 Å². The number of methoxy groups -OCH3 is 1. The number of hydrogen-bond donors (Lipinski definition) is 2. The number of aromatic nitrogens is 2. The summed E-state index contributed by atoms with van der Waals surface area (Å²) in [6.07, 6.45) is 4.02. The highest BCUT2D eigenvalue weighted by Crippen LogP contribution is 2.42. The van der Waals surface area contributed by atoms with Crippen LogP contribution in [0, 0.1) is 18.8 Å². The van der Waals surface area contributed by atoms with E-state index >= 15 is 0 Å². The van der Waals surface area contributed by atoms with Crippen LogP contribution in [0.2, 0.25) is 5.02 Å². The second-order valence-corrected chi connectivity index (χ2v) is 15.9. The van der Waals surface area contributed by atoms with Crippen molar-refractivity contribution in [2.24, 2.45) is 11.8 Å². The average molecular weight is 666 g/mol. The molecule has 0 spiro atoms. The number of fused-ring (bicyclic) bond motifs is 2. The lowest BCUT2D eigenvalue weighted by molar-refractivity contribution is 0.173. The summed E-state index contributed by atoms with van der Waals surface area (Å²) in [4.78, 5) is 17.1. The number of halogens is 1. The second kappa shape index (κ2) is 13.2. The van der Waals surface area contributed by atoms with Gasteiger partial charge in [-0.15, -0.1) is 0 Å². The lowest BCUT2D eigenvalue weighted by Gasteiger charge is -2.39. The monoisotopic (exact) mass is 665 g/mol. The summed E-state index contributed by atoms with van der Waals surface area (Å²) in [7, 11) is 3.47. The molecule has 2 atom stereocenters. The smallest absolute Gasteiger partial charge is 0.229 e. The number of ether oxygens (including phenoxy) is 3. The highest BCUT2D eigenvalue weighted by Gasteiger charge is 2.41. The molecule has 246 valence electrons. The van der Waals surface area contributed by atoms with Crippen LogP contribution in [0.1, 0.15) is 18.4 Å². The minimum Gasteiger partial charge on any atom is -0.494 e. The van der Waals surface area contributed by atoms with Crippen LogP contribution in [-0.2, 0) is 0 Å². The minimum atomic E-state index is -0.506. The van der Waals surface area contributed by atoms with Gasteiger partial charge >= 0.3 is 0 Å². The van der Waals surface area contributed by atoms with Gasteiger partial charge in [-0.25, -0.2) is 4.98 Å². The van der Waals surface area contributed by atoms with Crippen molar-refractivity contribution in [3.63, 3.8) is 0 Å². The van der Waals surface area contributed by atoms with E-state index < -0.39 is 7.92 Å². The zero-order valence-electron chi connectivity index (χ0n) is 27.5. The normalized spacial score (nSPS) is 21.9. The molecule has 0 aliphatic carbocycles. The lowest BCUT2D eigenvalue weighted by Crippen LogP contribution is -2.45. The van der Waals surface area contributed by atoms with Gasteiger partial charge in [0.25, 0.3) is 0 Å². The van der Waals surface area contributed by atoms with Crippen LogP contribution in [0.3, 0.4) is 0 Å². The maximum atomic E-state index is 6.60. The zero-order chi connectivity index (χ0) is 31.9. The van der Waals surface area contributed by atoms with Crippen LogP contribution in [0.5, 0.6) is 17.2 Å². The number of nitrogens with one attached hydrogen (secondary N) is 2. The molecular formula is C34H45ClN7O3P. The van der Waals surface area contributed by atoms with Crippen molar-refractivity contribution in [3.8, 4) is 17.2 Å². The maximum absolute atomic E-state index is 6.60. The van der Waals surface area contributed by atoms with Crippen molar-refractivity contribution in [1.82, 2.24) is 19.8 Å². The zero-order valence-corrected chi connectivity index (χ0v) is 29.1. The van der Waals surface area contributed by atoms with Gasteiger partial charge < -0.3 is 34.6 Å². The quantitative estimate of drug-likeness (QED) is 0.300. The number of aryl methyl sites for hydroxylation is 1. The third kappa shape index (κ3) is 6.29. The first-order valence-electron chi connectivity index (χ1n) is 16.3. The van der Waals surface area contributed by atoms with Crippen LogP contribution < -0.4 is 35.0 Å². The van der Waals surface area contributed by atoms with E-state index in [-0.39, 0.29) is 0 Å². The molecule has 2 aromatic carbocycles. The molecule has 46 heavy (non-hydrogen) atoms. The number of benzene rings is 2. The summed E-state index contributed by atoms with van der Waals surface area (Å²) in [6, 6.07) is 8.90. The Morgan fingerprint density at radius 2 is 1.72 bits per heavy atom. The molecule has 3 aromatic rings. The molecule has 4 aliphatic rings. The molecule has 12 heteroatoms. The molecule has 5 heterocycles. The van der Waals surface area contributed by atoms with Crippen LogP contribution in [-0.4, -0.2) is 106 Å². The second-order valence-electron chi connectivity index (χ2n) is 13.3. The largest absolute Gasteiger partial charge is 0.494 e. The number of rotatable bonds is 8. The predicted molar refractivity (Wildman–Crippen MR) is 188 cm³/mol. The molecule has 4 aliphatic heterocycles. The van der Waals surface area contributed by atoms with Crippen molar-refractivity contribution in [1.29, 1.82) is 0 Å². The predicted octanol–water partition coefficient (Wildman–Crippen LogP) is 5.53. The van der Waals surface area contributed by atoms with E-state index in [0.29, 0.717) is 36.0 Å². The van der Waals surface area contributed by atoms with Crippen molar-refractivity contribution in [2.45, 2.75) is 25.8 Å². The van der Waals surface area contributed by atoms with Crippen molar-refractivity contribution in [3.05, 3.63) is 41.0 Å². The van der Waals surface area contributed by atoms with Crippen LogP contribution in [0.4, 0.5) is 28.8 Å². The van der Waals surface area contributed by atoms with Gasteiger partial charge in [-0.1, -0.05) is 19.5 Å². The van der Waals surface area contributed by atoms with Gasteiger partial charge in [0.15, 0.2) is 17.3 Å². The molecular weight excluding hydrogens is 621 g/mol. The average Bonchev–Trinajstić information content (AvgIpc) is 3.60. The molecule has 0 bridgehead atoms. The first-order valence-corrected chi connectivity index (χ1v) is 18.9. The number of likely N-dealkylation sites (tertiary alicyclic amines) is 2. The Bertz CT molecular complexity index is 1570. The van der Waals surface area contributed by atoms with Gasteiger partial charge in [0.1, 0.15) is 24.0 Å². The van der Waals surface area contributed by atoms with Crippen LogP contribution in [0.15, 0.2) is 30.5 Å². The number of piperidine rings is 1. The summed E-state index contributed by atoms with van der Waals surface area (Å²) in [6.45, 7) is 14.8. The van der Waals surface area contributed by atoms with E-state index in [2.05, 4.69) is 69.8 Å². The Morgan fingerprint density at radius 3 is 2.43 bits per heavy atom. The van der Waals surface area contributed by atoms with Crippen LogP contribution >= 0.6 is 19.5 Å². The number of nitrogens with zero attached hydrogens (tertiary/aromatic N) is 5. The Morgan fingerprint density at radius 1 is 0.978 bits per heavy atom. The first-order chi connectivity index (χ1) is 22.3. The molecule has 3 fully saturated rings. The third-order valence-corrected chi connectivity index (χ3v) is 11.5. The number of anilines is 5. The molecule has 0 unspecified atom stereocenters. The van der Waals surface area contributed by atoms with E-state index in [0.717, 1.165) is 58.9 Å². The molecule has 3 saturated heterocycles. The summed E-state index contributed by atoms with van der Waals surface area (Å²) >= 11 is 6.60.